The van der Waals surface area contributed by atoms with Gasteiger partial charge >= 0.3 is 5.97 Å². The van der Waals surface area contributed by atoms with Gasteiger partial charge in [-0.25, -0.2) is 0 Å². The third kappa shape index (κ3) is 3.83. The minimum atomic E-state index is -0.746. The van der Waals surface area contributed by atoms with E-state index in [0.29, 0.717) is 6.42 Å². The average molecular weight is 276 g/mol. The van der Waals surface area contributed by atoms with Gasteiger partial charge in [-0.2, -0.15) is 0 Å². The number of rotatable bonds is 7. The molecule has 2 rings (SSSR count). The summed E-state index contributed by atoms with van der Waals surface area (Å²) >= 11 is 0. The highest BCUT2D eigenvalue weighted by Crippen LogP contribution is 2.34. The Bertz CT molecular complexity index is 416. The molecular weight excluding hydrogens is 252 g/mol. The molecule has 110 valence electrons. The normalized spacial score (nSPS) is 23.6. The summed E-state index contributed by atoms with van der Waals surface area (Å²) in [4.78, 5) is 11.9. The molecule has 1 N–H and O–H groups in total. The predicted molar refractivity (Wildman–Crippen MR) is 78.1 cm³/mol. The predicted octanol–water partition coefficient (Wildman–Crippen LogP) is 3.62. The monoisotopic (exact) mass is 276 g/mol. The SMILES string of the molecule is CCCCCCC1CC(C(O)c2ccccc2)C(=O)O1. The Labute approximate surface area is 121 Å². The second kappa shape index (κ2) is 7.44. The molecule has 1 aromatic carbocycles. The van der Waals surface area contributed by atoms with Crippen LogP contribution in [0.2, 0.25) is 0 Å². The lowest BCUT2D eigenvalue weighted by Crippen LogP contribution is -2.17. The third-order valence-electron chi connectivity index (χ3n) is 4.00. The molecule has 3 nitrogen and oxygen atoms in total. The van der Waals surface area contributed by atoms with Crippen LogP contribution in [0.25, 0.3) is 0 Å². The van der Waals surface area contributed by atoms with Crippen molar-refractivity contribution in [2.45, 2.75) is 57.7 Å². The maximum atomic E-state index is 11.9. The van der Waals surface area contributed by atoms with E-state index in [4.69, 9.17) is 4.74 Å². The van der Waals surface area contributed by atoms with Gasteiger partial charge in [0.1, 0.15) is 6.10 Å². The molecule has 0 radical (unpaired) electrons. The van der Waals surface area contributed by atoms with Crippen LogP contribution in [-0.2, 0) is 9.53 Å². The van der Waals surface area contributed by atoms with E-state index in [1.165, 1.54) is 19.3 Å². The van der Waals surface area contributed by atoms with Gasteiger partial charge in [-0.1, -0.05) is 56.5 Å². The highest BCUT2D eigenvalue weighted by molar-refractivity contribution is 5.75. The van der Waals surface area contributed by atoms with Crippen LogP contribution in [0.15, 0.2) is 30.3 Å². The molecule has 1 aromatic rings. The van der Waals surface area contributed by atoms with Crippen molar-refractivity contribution in [3.05, 3.63) is 35.9 Å². The summed E-state index contributed by atoms with van der Waals surface area (Å²) in [6, 6.07) is 9.36. The maximum Gasteiger partial charge on any atom is 0.312 e. The van der Waals surface area contributed by atoms with Crippen LogP contribution in [0.1, 0.15) is 57.1 Å². The van der Waals surface area contributed by atoms with Gasteiger partial charge in [0.05, 0.1) is 12.0 Å². The summed E-state index contributed by atoms with van der Waals surface area (Å²) in [7, 11) is 0. The van der Waals surface area contributed by atoms with Crippen molar-refractivity contribution >= 4 is 5.97 Å². The summed E-state index contributed by atoms with van der Waals surface area (Å²) in [6.45, 7) is 2.18. The lowest BCUT2D eigenvalue weighted by molar-refractivity contribution is -0.147. The zero-order chi connectivity index (χ0) is 14.4. The standard InChI is InChI=1S/C17H24O3/c1-2-3-4-8-11-14-12-15(17(19)20-14)16(18)13-9-6-5-7-10-13/h5-7,9-10,14-16,18H,2-4,8,11-12H2,1H3. The number of aliphatic hydroxyl groups excluding tert-OH is 1. The molecular formula is C17H24O3. The molecule has 3 heteroatoms. The van der Waals surface area contributed by atoms with Gasteiger partial charge in [-0.15, -0.1) is 0 Å². The van der Waals surface area contributed by atoms with Crippen molar-refractivity contribution in [1.82, 2.24) is 0 Å². The van der Waals surface area contributed by atoms with Gasteiger partial charge in [0.15, 0.2) is 0 Å². The fraction of sp³-hybridized carbons (Fsp3) is 0.588. The molecule has 0 amide bonds. The Morgan fingerprint density at radius 1 is 1.25 bits per heavy atom. The number of hydrogen-bond acceptors (Lipinski definition) is 3. The number of hydrogen-bond donors (Lipinski definition) is 1. The van der Waals surface area contributed by atoms with Crippen molar-refractivity contribution in [2.75, 3.05) is 0 Å². The van der Waals surface area contributed by atoms with E-state index < -0.39 is 12.0 Å². The number of unbranched alkanes of at least 4 members (excludes halogenated alkanes) is 3. The zero-order valence-electron chi connectivity index (χ0n) is 12.1. The Kier molecular flexibility index (Phi) is 5.60. The summed E-state index contributed by atoms with van der Waals surface area (Å²) in [6.07, 6.45) is 5.53. The van der Waals surface area contributed by atoms with Crippen LogP contribution in [0, 0.1) is 5.92 Å². The lowest BCUT2D eigenvalue weighted by Gasteiger charge is -2.14. The first-order valence-electron chi connectivity index (χ1n) is 7.66. The number of benzene rings is 1. The van der Waals surface area contributed by atoms with Gasteiger partial charge in [0, 0.05) is 6.42 Å². The van der Waals surface area contributed by atoms with E-state index in [-0.39, 0.29) is 12.1 Å². The number of ether oxygens (including phenoxy) is 1. The molecule has 1 fully saturated rings. The number of carbonyl (C=O) groups excluding carboxylic acids is 1. The fourth-order valence-electron chi connectivity index (χ4n) is 2.80. The highest BCUT2D eigenvalue weighted by atomic mass is 16.6. The van der Waals surface area contributed by atoms with Gasteiger partial charge in [0.25, 0.3) is 0 Å². The van der Waals surface area contributed by atoms with Crippen LogP contribution in [0.5, 0.6) is 0 Å². The molecule has 1 aliphatic heterocycles. The van der Waals surface area contributed by atoms with E-state index in [9.17, 15) is 9.90 Å². The second-order valence-electron chi connectivity index (χ2n) is 5.61. The van der Waals surface area contributed by atoms with Crippen LogP contribution < -0.4 is 0 Å². The van der Waals surface area contributed by atoms with Gasteiger partial charge in [-0.05, 0) is 18.4 Å². The minimum absolute atomic E-state index is 0.0114. The van der Waals surface area contributed by atoms with E-state index in [0.717, 1.165) is 18.4 Å². The Hall–Kier alpha value is -1.35. The maximum absolute atomic E-state index is 11.9. The number of aliphatic hydroxyl groups is 1. The molecule has 1 saturated heterocycles. The molecule has 1 heterocycles. The van der Waals surface area contributed by atoms with Crippen molar-refractivity contribution in [3.63, 3.8) is 0 Å². The first-order valence-corrected chi connectivity index (χ1v) is 7.66. The van der Waals surface area contributed by atoms with Gasteiger partial charge in [0.2, 0.25) is 0 Å². The summed E-state index contributed by atoms with van der Waals surface area (Å²) in [5.74, 6) is -0.657. The Balaban J connectivity index is 1.86. The zero-order valence-corrected chi connectivity index (χ0v) is 12.1. The summed E-state index contributed by atoms with van der Waals surface area (Å²) in [5, 5.41) is 10.3. The van der Waals surface area contributed by atoms with Crippen LogP contribution in [-0.4, -0.2) is 17.2 Å². The van der Waals surface area contributed by atoms with Crippen molar-refractivity contribution < 1.29 is 14.6 Å². The smallest absolute Gasteiger partial charge is 0.312 e. The van der Waals surface area contributed by atoms with Gasteiger partial charge < -0.3 is 9.84 Å². The third-order valence-corrected chi connectivity index (χ3v) is 4.00. The molecule has 20 heavy (non-hydrogen) atoms. The first-order chi connectivity index (χ1) is 9.72. The highest BCUT2D eigenvalue weighted by Gasteiger charge is 2.39. The number of carbonyl (C=O) groups is 1. The fourth-order valence-corrected chi connectivity index (χ4v) is 2.80. The van der Waals surface area contributed by atoms with E-state index in [1.54, 1.807) is 0 Å². The molecule has 0 bridgehead atoms. The second-order valence-corrected chi connectivity index (χ2v) is 5.61. The Morgan fingerprint density at radius 3 is 2.70 bits per heavy atom. The number of cyclic esters (lactones) is 1. The minimum Gasteiger partial charge on any atom is -0.462 e. The van der Waals surface area contributed by atoms with E-state index in [2.05, 4.69) is 6.92 Å². The van der Waals surface area contributed by atoms with Crippen molar-refractivity contribution in [2.24, 2.45) is 5.92 Å². The molecule has 1 aliphatic rings. The van der Waals surface area contributed by atoms with Crippen LogP contribution in [0.3, 0.4) is 0 Å². The van der Waals surface area contributed by atoms with Crippen LogP contribution >= 0.6 is 0 Å². The quantitative estimate of drug-likeness (QED) is 0.611. The van der Waals surface area contributed by atoms with Gasteiger partial charge in [-0.3, -0.25) is 4.79 Å². The molecule has 0 spiro atoms. The average Bonchev–Trinajstić information content (AvgIpc) is 2.85. The van der Waals surface area contributed by atoms with Crippen LogP contribution in [0.4, 0.5) is 0 Å². The summed E-state index contributed by atoms with van der Waals surface area (Å²) in [5.41, 5.74) is 0.793. The molecule has 0 saturated carbocycles. The molecule has 3 atom stereocenters. The summed E-state index contributed by atoms with van der Waals surface area (Å²) < 4.78 is 5.40. The largest absolute Gasteiger partial charge is 0.462 e. The lowest BCUT2D eigenvalue weighted by atomic mass is 9.92. The topological polar surface area (TPSA) is 46.5 Å². The van der Waals surface area contributed by atoms with Crippen molar-refractivity contribution in [3.8, 4) is 0 Å². The molecule has 0 aromatic heterocycles. The van der Waals surface area contributed by atoms with E-state index in [1.807, 2.05) is 30.3 Å². The Morgan fingerprint density at radius 2 is 2.00 bits per heavy atom. The first kappa shape index (κ1) is 15.0. The number of esters is 1. The molecule has 3 unspecified atom stereocenters. The van der Waals surface area contributed by atoms with Crippen molar-refractivity contribution in [1.29, 1.82) is 0 Å². The van der Waals surface area contributed by atoms with E-state index >= 15 is 0 Å². The molecule has 0 aliphatic carbocycles.